The Morgan fingerprint density at radius 1 is 1.33 bits per heavy atom. The maximum atomic E-state index is 12.2. The summed E-state index contributed by atoms with van der Waals surface area (Å²) in [4.78, 5) is 16.1. The van der Waals surface area contributed by atoms with Crippen LogP contribution in [0.25, 0.3) is 0 Å². The van der Waals surface area contributed by atoms with Crippen molar-refractivity contribution in [1.82, 2.24) is 20.5 Å². The summed E-state index contributed by atoms with van der Waals surface area (Å²) < 4.78 is 0. The van der Waals surface area contributed by atoms with Gasteiger partial charge in [0.2, 0.25) is 11.8 Å². The number of anilines is 1. The van der Waals surface area contributed by atoms with Gasteiger partial charge in [0.15, 0.2) is 0 Å². The molecule has 112 valence electrons. The Kier molecular flexibility index (Phi) is 4.26. The van der Waals surface area contributed by atoms with E-state index in [1.165, 1.54) is 0 Å². The van der Waals surface area contributed by atoms with E-state index in [4.69, 9.17) is 5.73 Å². The molecular formula is C15H21N5O. The van der Waals surface area contributed by atoms with Gasteiger partial charge in [-0.15, -0.1) is 5.10 Å². The average molecular weight is 287 g/mol. The van der Waals surface area contributed by atoms with Crippen molar-refractivity contribution >= 4 is 11.9 Å². The Balaban J connectivity index is 2.18. The van der Waals surface area contributed by atoms with Crippen molar-refractivity contribution in [1.29, 1.82) is 0 Å². The minimum absolute atomic E-state index is 0.0623. The van der Waals surface area contributed by atoms with Crippen molar-refractivity contribution < 1.29 is 4.79 Å². The van der Waals surface area contributed by atoms with E-state index in [-0.39, 0.29) is 29.1 Å². The zero-order valence-electron chi connectivity index (χ0n) is 12.6. The zero-order valence-corrected chi connectivity index (χ0v) is 12.6. The molecule has 2 rings (SSSR count). The normalized spacial score (nSPS) is 12.9. The molecule has 0 saturated carbocycles. The van der Waals surface area contributed by atoms with Crippen LogP contribution >= 0.6 is 0 Å². The van der Waals surface area contributed by atoms with Crippen LogP contribution in [0.3, 0.4) is 0 Å². The SMILES string of the molecule is CC(C)(C)CC(NC(=O)c1nc(N)n[nH]1)c1ccccc1. The van der Waals surface area contributed by atoms with Gasteiger partial charge >= 0.3 is 0 Å². The molecule has 0 aliphatic heterocycles. The molecule has 2 aromatic rings. The number of hydrogen-bond acceptors (Lipinski definition) is 4. The van der Waals surface area contributed by atoms with Crippen LogP contribution in [-0.2, 0) is 0 Å². The number of nitrogens with one attached hydrogen (secondary N) is 2. The molecule has 1 heterocycles. The van der Waals surface area contributed by atoms with Crippen molar-refractivity contribution in [3.05, 3.63) is 41.7 Å². The number of aromatic nitrogens is 3. The zero-order chi connectivity index (χ0) is 15.5. The Morgan fingerprint density at radius 2 is 2.00 bits per heavy atom. The third-order valence-corrected chi connectivity index (χ3v) is 3.04. The molecular weight excluding hydrogens is 266 g/mol. The highest BCUT2D eigenvalue weighted by atomic mass is 16.2. The van der Waals surface area contributed by atoms with Crippen LogP contribution in [0.15, 0.2) is 30.3 Å². The third kappa shape index (κ3) is 4.30. The summed E-state index contributed by atoms with van der Waals surface area (Å²) in [5, 5.41) is 9.19. The maximum absolute atomic E-state index is 12.2. The van der Waals surface area contributed by atoms with Gasteiger partial charge in [0, 0.05) is 0 Å². The second-order valence-corrected chi connectivity index (χ2v) is 6.24. The van der Waals surface area contributed by atoms with Crippen LogP contribution < -0.4 is 11.1 Å². The van der Waals surface area contributed by atoms with E-state index in [2.05, 4.69) is 41.3 Å². The van der Waals surface area contributed by atoms with Gasteiger partial charge in [-0.3, -0.25) is 9.89 Å². The minimum Gasteiger partial charge on any atom is -0.366 e. The lowest BCUT2D eigenvalue weighted by Crippen LogP contribution is -2.32. The van der Waals surface area contributed by atoms with Crippen LogP contribution in [0.2, 0.25) is 0 Å². The quantitative estimate of drug-likeness (QED) is 0.803. The second kappa shape index (κ2) is 5.95. The lowest BCUT2D eigenvalue weighted by Gasteiger charge is -2.27. The molecule has 0 aliphatic rings. The lowest BCUT2D eigenvalue weighted by atomic mass is 9.85. The first-order valence-corrected chi connectivity index (χ1v) is 6.89. The van der Waals surface area contributed by atoms with Gasteiger partial charge in [0.05, 0.1) is 6.04 Å². The fourth-order valence-corrected chi connectivity index (χ4v) is 2.15. The molecule has 1 unspecified atom stereocenters. The highest BCUT2D eigenvalue weighted by Gasteiger charge is 2.23. The van der Waals surface area contributed by atoms with E-state index in [0.717, 1.165) is 12.0 Å². The largest absolute Gasteiger partial charge is 0.366 e. The van der Waals surface area contributed by atoms with Crippen molar-refractivity contribution in [3.63, 3.8) is 0 Å². The van der Waals surface area contributed by atoms with Gasteiger partial charge < -0.3 is 11.1 Å². The van der Waals surface area contributed by atoms with Crippen LogP contribution in [0.4, 0.5) is 5.95 Å². The molecule has 1 atom stereocenters. The number of rotatable bonds is 4. The van der Waals surface area contributed by atoms with Crippen LogP contribution in [0.5, 0.6) is 0 Å². The number of carbonyl (C=O) groups excluding carboxylic acids is 1. The number of nitrogens with zero attached hydrogens (tertiary/aromatic N) is 2. The molecule has 0 radical (unpaired) electrons. The number of carbonyl (C=O) groups is 1. The standard InChI is InChI=1S/C15H21N5O/c1-15(2,3)9-11(10-7-5-4-6-8-10)17-13(21)12-18-14(16)20-19-12/h4-8,11H,9H2,1-3H3,(H,17,21)(H3,16,18,19,20). The highest BCUT2D eigenvalue weighted by Crippen LogP contribution is 2.29. The number of H-pyrrole nitrogens is 1. The van der Waals surface area contributed by atoms with Gasteiger partial charge in [-0.05, 0) is 17.4 Å². The summed E-state index contributed by atoms with van der Waals surface area (Å²) >= 11 is 0. The molecule has 4 N–H and O–H groups in total. The fourth-order valence-electron chi connectivity index (χ4n) is 2.15. The summed E-state index contributed by atoms with van der Waals surface area (Å²) in [5.74, 6) is -0.119. The van der Waals surface area contributed by atoms with Crippen LogP contribution in [0.1, 0.15) is 49.4 Å². The van der Waals surface area contributed by atoms with E-state index in [1.807, 2.05) is 30.3 Å². The van der Waals surface area contributed by atoms with E-state index in [9.17, 15) is 4.79 Å². The Bertz CT molecular complexity index is 600. The summed E-state index contributed by atoms with van der Waals surface area (Å²) in [7, 11) is 0. The van der Waals surface area contributed by atoms with Crippen molar-refractivity contribution in [2.24, 2.45) is 5.41 Å². The number of amides is 1. The number of nitrogens with two attached hydrogens (primary N) is 1. The molecule has 1 aromatic carbocycles. The topological polar surface area (TPSA) is 96.7 Å². The number of benzene rings is 1. The monoisotopic (exact) mass is 287 g/mol. The third-order valence-electron chi connectivity index (χ3n) is 3.04. The van der Waals surface area contributed by atoms with E-state index < -0.39 is 0 Å². The van der Waals surface area contributed by atoms with Crippen LogP contribution in [-0.4, -0.2) is 21.1 Å². The molecule has 0 spiro atoms. The van der Waals surface area contributed by atoms with E-state index in [1.54, 1.807) is 0 Å². The van der Waals surface area contributed by atoms with Crippen molar-refractivity contribution in [3.8, 4) is 0 Å². The summed E-state index contributed by atoms with van der Waals surface area (Å²) in [6, 6.07) is 9.80. The molecule has 1 aromatic heterocycles. The van der Waals surface area contributed by atoms with Crippen molar-refractivity contribution in [2.45, 2.75) is 33.2 Å². The molecule has 21 heavy (non-hydrogen) atoms. The van der Waals surface area contributed by atoms with E-state index in [0.29, 0.717) is 0 Å². The summed E-state index contributed by atoms with van der Waals surface area (Å²) in [5.41, 5.74) is 6.57. The van der Waals surface area contributed by atoms with Crippen molar-refractivity contribution in [2.75, 3.05) is 5.73 Å². The lowest BCUT2D eigenvalue weighted by molar-refractivity contribution is 0.0916. The first-order chi connectivity index (χ1) is 9.85. The van der Waals surface area contributed by atoms with Gasteiger partial charge in [-0.2, -0.15) is 4.98 Å². The Morgan fingerprint density at radius 3 is 2.52 bits per heavy atom. The van der Waals surface area contributed by atoms with E-state index >= 15 is 0 Å². The summed E-state index contributed by atoms with van der Waals surface area (Å²) in [6.07, 6.45) is 0.812. The Labute approximate surface area is 124 Å². The predicted octanol–water partition coefficient (Wildman–Crippen LogP) is 2.29. The number of hydrogen-bond donors (Lipinski definition) is 3. The molecule has 6 heteroatoms. The number of nitrogen functional groups attached to an aromatic ring is 1. The van der Waals surface area contributed by atoms with Crippen LogP contribution in [0, 0.1) is 5.41 Å². The summed E-state index contributed by atoms with van der Waals surface area (Å²) in [6.45, 7) is 6.42. The minimum atomic E-state index is -0.308. The predicted molar refractivity (Wildman–Crippen MR) is 81.5 cm³/mol. The average Bonchev–Trinajstić information content (AvgIpc) is 2.84. The molecule has 6 nitrogen and oxygen atoms in total. The first kappa shape index (κ1) is 15.0. The smallest absolute Gasteiger partial charge is 0.289 e. The molecule has 0 saturated heterocycles. The van der Waals surface area contributed by atoms with Gasteiger partial charge in [0.25, 0.3) is 5.91 Å². The molecule has 0 bridgehead atoms. The highest BCUT2D eigenvalue weighted by molar-refractivity contribution is 5.90. The molecule has 0 aliphatic carbocycles. The first-order valence-electron chi connectivity index (χ1n) is 6.89. The molecule has 0 fully saturated rings. The second-order valence-electron chi connectivity index (χ2n) is 6.24. The Hall–Kier alpha value is -2.37. The van der Waals surface area contributed by atoms with Gasteiger partial charge in [0.1, 0.15) is 0 Å². The maximum Gasteiger partial charge on any atom is 0.289 e. The fraction of sp³-hybridized carbons (Fsp3) is 0.400. The molecule has 1 amide bonds. The number of aromatic amines is 1. The van der Waals surface area contributed by atoms with Gasteiger partial charge in [-0.25, -0.2) is 0 Å². The van der Waals surface area contributed by atoms with Gasteiger partial charge in [-0.1, -0.05) is 51.1 Å².